The van der Waals surface area contributed by atoms with Gasteiger partial charge in [-0.15, -0.1) is 0 Å². The molecule has 3 aromatic carbocycles. The SMILES string of the molecule is COc1ccc(COC2(C)CCc3c(OC[C@H](C)C[C@H]4Cc5ccccc5C45CCC(Nc4cccc(Cl)c4)(C(=O)O)CC5)ccnc32)cc1. The number of rotatable bonds is 12. The van der Waals surface area contributed by atoms with Crippen LogP contribution in [-0.2, 0) is 40.0 Å². The zero-order chi connectivity index (χ0) is 34.9. The lowest BCUT2D eigenvalue weighted by atomic mass is 9.59. The van der Waals surface area contributed by atoms with Crippen LogP contribution >= 0.6 is 11.6 Å². The molecule has 1 aromatic heterocycles. The highest BCUT2D eigenvalue weighted by Crippen LogP contribution is 2.56. The van der Waals surface area contributed by atoms with E-state index in [2.05, 4.69) is 43.4 Å². The van der Waals surface area contributed by atoms with Crippen LogP contribution in [0.1, 0.15) is 80.3 Å². The zero-order valence-electron chi connectivity index (χ0n) is 29.2. The van der Waals surface area contributed by atoms with Crippen LogP contribution in [0.3, 0.4) is 0 Å². The highest BCUT2D eigenvalue weighted by molar-refractivity contribution is 6.30. The number of halogens is 1. The average Bonchev–Trinajstić information content (AvgIpc) is 3.62. The zero-order valence-corrected chi connectivity index (χ0v) is 30.0. The number of methoxy groups -OCH3 is 1. The molecule has 4 aromatic rings. The van der Waals surface area contributed by atoms with Crippen LogP contribution in [0.5, 0.6) is 11.5 Å². The highest BCUT2D eigenvalue weighted by Gasteiger charge is 2.54. The summed E-state index contributed by atoms with van der Waals surface area (Å²) in [5.74, 6) is 1.65. The van der Waals surface area contributed by atoms with Crippen molar-refractivity contribution in [2.45, 2.75) is 88.4 Å². The number of aliphatic carboxylic acids is 1. The molecule has 0 radical (unpaired) electrons. The molecule has 1 heterocycles. The van der Waals surface area contributed by atoms with E-state index in [0.29, 0.717) is 42.9 Å². The molecule has 0 amide bonds. The van der Waals surface area contributed by atoms with Gasteiger partial charge in [0.1, 0.15) is 22.6 Å². The maximum absolute atomic E-state index is 12.8. The molecule has 1 spiro atoms. The molecule has 3 aliphatic carbocycles. The molecule has 7 rings (SSSR count). The lowest BCUT2D eigenvalue weighted by Crippen LogP contribution is -2.53. The Morgan fingerprint density at radius 1 is 1.02 bits per heavy atom. The number of ether oxygens (including phenoxy) is 3. The standard InChI is InChI=1S/C42H47ClN2O5/c1-28(26-49-37-16-22-44-38-35(37)15-17-40(38,2)50-27-29-11-13-34(48-3)14-12-29)23-31-24-30-7-4-5-10-36(30)41(31)18-20-42(21-19-41,39(46)47)45-33-9-6-8-32(43)25-33/h4-14,16,22,25,28,31,45H,15,17-21,23-24,26-27H2,1-3H3,(H,46,47)/t28-,31+,40?,41?,42?/m1/s1. The number of hydrogen-bond acceptors (Lipinski definition) is 6. The number of nitrogens with zero attached hydrogens (tertiary/aromatic N) is 1. The number of carboxylic acids is 1. The van der Waals surface area contributed by atoms with Gasteiger partial charge in [0, 0.05) is 22.5 Å². The quantitative estimate of drug-likeness (QED) is 0.153. The molecule has 262 valence electrons. The molecule has 0 aliphatic heterocycles. The summed E-state index contributed by atoms with van der Waals surface area (Å²) >= 11 is 6.25. The fourth-order valence-electron chi connectivity index (χ4n) is 8.89. The van der Waals surface area contributed by atoms with Gasteiger partial charge < -0.3 is 24.6 Å². The minimum atomic E-state index is -1.03. The summed E-state index contributed by atoms with van der Waals surface area (Å²) in [6, 6.07) is 26.1. The second-order valence-corrected chi connectivity index (χ2v) is 15.3. The monoisotopic (exact) mass is 694 g/mol. The first-order valence-electron chi connectivity index (χ1n) is 17.9. The smallest absolute Gasteiger partial charge is 0.329 e. The molecule has 1 fully saturated rings. The van der Waals surface area contributed by atoms with Gasteiger partial charge in [0.05, 0.1) is 26.0 Å². The van der Waals surface area contributed by atoms with Crippen molar-refractivity contribution in [3.05, 3.63) is 118 Å². The molecule has 0 bridgehead atoms. The van der Waals surface area contributed by atoms with Gasteiger partial charge in [-0.3, -0.25) is 4.98 Å². The van der Waals surface area contributed by atoms with E-state index < -0.39 is 17.1 Å². The Balaban J connectivity index is 1.02. The topological polar surface area (TPSA) is 89.9 Å². The number of nitrogens with one attached hydrogen (secondary N) is 1. The van der Waals surface area contributed by atoms with Gasteiger partial charge in [-0.1, -0.05) is 61.0 Å². The Hall–Kier alpha value is -4.07. The maximum atomic E-state index is 12.8. The summed E-state index contributed by atoms with van der Waals surface area (Å²) in [6.45, 7) is 5.52. The van der Waals surface area contributed by atoms with E-state index in [1.54, 1.807) is 19.2 Å². The van der Waals surface area contributed by atoms with Gasteiger partial charge in [-0.2, -0.15) is 0 Å². The summed E-state index contributed by atoms with van der Waals surface area (Å²) in [5, 5.41) is 14.5. The Morgan fingerprint density at radius 2 is 1.80 bits per heavy atom. The normalized spacial score (nSPS) is 25.9. The second kappa shape index (κ2) is 13.9. The molecule has 1 saturated carbocycles. The number of carboxylic acid groups (broad SMARTS) is 1. The van der Waals surface area contributed by atoms with Gasteiger partial charge in [-0.05, 0) is 129 Å². The van der Waals surface area contributed by atoms with Crippen LogP contribution in [0, 0.1) is 11.8 Å². The number of aromatic nitrogens is 1. The minimum Gasteiger partial charge on any atom is -0.497 e. The third-order valence-corrected chi connectivity index (χ3v) is 11.9. The van der Waals surface area contributed by atoms with Crippen LogP contribution < -0.4 is 14.8 Å². The van der Waals surface area contributed by atoms with Gasteiger partial charge in [0.15, 0.2) is 0 Å². The summed E-state index contributed by atoms with van der Waals surface area (Å²) in [4.78, 5) is 17.6. The number of fused-ring (bicyclic) bond motifs is 3. The van der Waals surface area contributed by atoms with E-state index in [4.69, 9.17) is 30.8 Å². The number of benzene rings is 3. The van der Waals surface area contributed by atoms with Crippen molar-refractivity contribution in [3.63, 3.8) is 0 Å². The van der Waals surface area contributed by atoms with E-state index >= 15 is 0 Å². The molecule has 3 atom stereocenters. The largest absolute Gasteiger partial charge is 0.497 e. The Kier molecular flexibility index (Phi) is 9.57. The molecule has 8 heteroatoms. The van der Waals surface area contributed by atoms with E-state index in [0.717, 1.165) is 72.5 Å². The number of carbonyl (C=O) groups is 1. The fourth-order valence-corrected chi connectivity index (χ4v) is 9.08. The summed E-state index contributed by atoms with van der Waals surface area (Å²) in [6.07, 6.45) is 8.30. The van der Waals surface area contributed by atoms with Crippen molar-refractivity contribution < 1.29 is 24.1 Å². The van der Waals surface area contributed by atoms with Crippen LogP contribution in [0.25, 0.3) is 0 Å². The lowest BCUT2D eigenvalue weighted by Gasteiger charge is -2.47. The van der Waals surface area contributed by atoms with Crippen LogP contribution in [0.15, 0.2) is 85.1 Å². The predicted octanol–water partition coefficient (Wildman–Crippen LogP) is 9.15. The Bertz CT molecular complexity index is 1840. The number of pyridine rings is 1. The first-order valence-corrected chi connectivity index (χ1v) is 18.2. The van der Waals surface area contributed by atoms with Crippen molar-refractivity contribution >= 4 is 23.3 Å². The summed E-state index contributed by atoms with van der Waals surface area (Å²) in [7, 11) is 1.67. The van der Waals surface area contributed by atoms with E-state index in [9.17, 15) is 9.90 Å². The maximum Gasteiger partial charge on any atom is 0.329 e. The van der Waals surface area contributed by atoms with Gasteiger partial charge >= 0.3 is 5.97 Å². The van der Waals surface area contributed by atoms with Gasteiger partial charge in [0.25, 0.3) is 0 Å². The molecule has 7 nitrogen and oxygen atoms in total. The third-order valence-electron chi connectivity index (χ3n) is 11.7. The molecule has 3 aliphatic rings. The molecule has 0 saturated heterocycles. The Labute approximate surface area is 300 Å². The predicted molar refractivity (Wildman–Crippen MR) is 196 cm³/mol. The first kappa shape index (κ1) is 34.4. The molecular formula is C42H47ClN2O5. The first-order chi connectivity index (χ1) is 24.1. The van der Waals surface area contributed by atoms with E-state index in [-0.39, 0.29) is 5.41 Å². The van der Waals surface area contributed by atoms with Gasteiger partial charge in [0.2, 0.25) is 0 Å². The Morgan fingerprint density at radius 3 is 2.54 bits per heavy atom. The van der Waals surface area contributed by atoms with E-state index in [1.165, 1.54) is 11.1 Å². The minimum absolute atomic E-state index is 0.0548. The second-order valence-electron chi connectivity index (χ2n) is 14.9. The number of anilines is 1. The van der Waals surface area contributed by atoms with Crippen LogP contribution in [0.4, 0.5) is 5.69 Å². The van der Waals surface area contributed by atoms with Crippen LogP contribution in [-0.4, -0.2) is 35.3 Å². The molecule has 50 heavy (non-hydrogen) atoms. The van der Waals surface area contributed by atoms with Crippen molar-refractivity contribution in [3.8, 4) is 11.5 Å². The molecular weight excluding hydrogens is 648 g/mol. The third kappa shape index (κ3) is 6.58. The van der Waals surface area contributed by atoms with Crippen LogP contribution in [0.2, 0.25) is 5.02 Å². The number of hydrogen-bond donors (Lipinski definition) is 2. The van der Waals surface area contributed by atoms with Crippen molar-refractivity contribution in [1.82, 2.24) is 4.98 Å². The van der Waals surface area contributed by atoms with Gasteiger partial charge in [-0.25, -0.2) is 4.79 Å². The highest BCUT2D eigenvalue weighted by atomic mass is 35.5. The average molecular weight is 695 g/mol. The fraction of sp³-hybridized carbons (Fsp3) is 0.429. The van der Waals surface area contributed by atoms with Crippen molar-refractivity contribution in [2.24, 2.45) is 11.8 Å². The lowest BCUT2D eigenvalue weighted by molar-refractivity contribution is -0.144. The van der Waals surface area contributed by atoms with E-state index in [1.807, 2.05) is 48.7 Å². The molecule has 1 unspecified atom stereocenters. The molecule has 2 N–H and O–H groups in total. The van der Waals surface area contributed by atoms with Crippen molar-refractivity contribution in [2.75, 3.05) is 19.0 Å². The van der Waals surface area contributed by atoms with Crippen molar-refractivity contribution in [1.29, 1.82) is 0 Å². The summed E-state index contributed by atoms with van der Waals surface area (Å²) in [5.41, 5.74) is 5.20. The summed E-state index contributed by atoms with van der Waals surface area (Å²) < 4.78 is 18.4.